The molecule has 0 heterocycles. The van der Waals surface area contributed by atoms with Gasteiger partial charge in [-0.3, -0.25) is 37.3 Å². The molecule has 19 heteroatoms. The Morgan fingerprint density at radius 2 is 0.530 bits per heavy atom. The molecule has 0 aliphatic heterocycles. The number of rotatable bonds is 71. The van der Waals surface area contributed by atoms with Crippen LogP contribution in [0.4, 0.5) is 0 Å². The SMILES string of the molecule is CC/C=C\C/C=C\C/C=C\C/C=C\C/C=C\CCCCCC(=O)OCC(COP(=O)(O)OCC(O)COP(=O)(O)OCC(COC(=O)CCCCCCC/C=C\C/C=C\C/C=C\CC)OC(=O)CCCCCCC/C=C\CCCC)OC(=O)CCCCCCC/C=C\C/C=C\CCCCC. The van der Waals surface area contributed by atoms with E-state index in [0.717, 1.165) is 186 Å². The first-order valence-corrected chi connectivity index (χ1v) is 41.4. The molecule has 0 aliphatic rings. The monoisotopic (exact) mass is 1440 g/mol. The molecule has 0 saturated carbocycles. The molecule has 5 atom stereocenters. The zero-order chi connectivity index (χ0) is 73.2. The minimum absolute atomic E-state index is 0.0678. The van der Waals surface area contributed by atoms with E-state index in [1.54, 1.807) is 0 Å². The van der Waals surface area contributed by atoms with E-state index in [4.69, 9.17) is 37.0 Å². The maximum absolute atomic E-state index is 13.1. The number of unbranched alkanes of at least 4 members (excludes halogenated alkanes) is 23. The summed E-state index contributed by atoms with van der Waals surface area (Å²) in [7, 11) is -9.97. The van der Waals surface area contributed by atoms with Gasteiger partial charge in [-0.25, -0.2) is 9.13 Å². The van der Waals surface area contributed by atoms with Crippen LogP contribution in [0.5, 0.6) is 0 Å². The molecule has 0 bridgehead atoms. The lowest BCUT2D eigenvalue weighted by atomic mass is 10.1. The van der Waals surface area contributed by atoms with E-state index in [1.165, 1.54) is 32.1 Å². The number of phosphoric acid groups is 2. The van der Waals surface area contributed by atoms with Crippen molar-refractivity contribution in [2.45, 2.75) is 316 Å². The quantitative estimate of drug-likeness (QED) is 0.0169. The molecular weight excluding hydrogens is 1310 g/mol. The number of hydrogen-bond donors (Lipinski definition) is 3. The van der Waals surface area contributed by atoms with Crippen LogP contribution in [0.15, 0.2) is 134 Å². The maximum Gasteiger partial charge on any atom is 0.472 e. The van der Waals surface area contributed by atoms with Gasteiger partial charge in [-0.15, -0.1) is 0 Å². The van der Waals surface area contributed by atoms with Gasteiger partial charge in [0.05, 0.1) is 26.4 Å². The summed E-state index contributed by atoms with van der Waals surface area (Å²) in [5.74, 6) is -2.26. The van der Waals surface area contributed by atoms with Gasteiger partial charge in [-0.2, -0.15) is 0 Å². The number of hydrogen-bond acceptors (Lipinski definition) is 15. The predicted molar refractivity (Wildman–Crippen MR) is 408 cm³/mol. The summed E-state index contributed by atoms with van der Waals surface area (Å²) in [6, 6.07) is 0. The van der Waals surface area contributed by atoms with Gasteiger partial charge in [0.2, 0.25) is 0 Å². The van der Waals surface area contributed by atoms with Crippen molar-refractivity contribution in [1.82, 2.24) is 0 Å². The molecule has 572 valence electrons. The summed E-state index contributed by atoms with van der Waals surface area (Å²) in [6.45, 7) is 4.49. The molecular formula is C81H136O17P2. The van der Waals surface area contributed by atoms with E-state index in [2.05, 4.69) is 161 Å². The Morgan fingerprint density at radius 3 is 0.850 bits per heavy atom. The molecule has 0 aromatic carbocycles. The molecule has 0 aromatic heterocycles. The molecule has 100 heavy (non-hydrogen) atoms. The highest BCUT2D eigenvalue weighted by Crippen LogP contribution is 2.45. The fourth-order valence-corrected chi connectivity index (χ4v) is 11.3. The second-order valence-corrected chi connectivity index (χ2v) is 28.1. The Kier molecular flexibility index (Phi) is 69.1. The first-order valence-electron chi connectivity index (χ1n) is 38.4. The number of aliphatic hydroxyl groups is 1. The second-order valence-electron chi connectivity index (χ2n) is 25.2. The fourth-order valence-electron chi connectivity index (χ4n) is 9.74. The van der Waals surface area contributed by atoms with Crippen molar-refractivity contribution in [2.24, 2.45) is 0 Å². The van der Waals surface area contributed by atoms with Crippen molar-refractivity contribution in [3.63, 3.8) is 0 Å². The van der Waals surface area contributed by atoms with Gasteiger partial charge in [0.1, 0.15) is 19.3 Å². The van der Waals surface area contributed by atoms with Crippen LogP contribution in [0, 0.1) is 0 Å². The Morgan fingerprint density at radius 1 is 0.290 bits per heavy atom. The van der Waals surface area contributed by atoms with E-state index < -0.39 is 97.5 Å². The van der Waals surface area contributed by atoms with Gasteiger partial charge in [-0.1, -0.05) is 251 Å². The van der Waals surface area contributed by atoms with E-state index in [-0.39, 0.29) is 25.7 Å². The largest absolute Gasteiger partial charge is 0.472 e. The van der Waals surface area contributed by atoms with Gasteiger partial charge < -0.3 is 33.8 Å². The Bertz CT molecular complexity index is 2420. The molecule has 0 amide bonds. The first kappa shape index (κ1) is 95.2. The van der Waals surface area contributed by atoms with Crippen LogP contribution in [0.3, 0.4) is 0 Å². The third-order valence-electron chi connectivity index (χ3n) is 15.6. The second kappa shape index (κ2) is 72.5. The smallest absolute Gasteiger partial charge is 0.462 e. The third-order valence-corrected chi connectivity index (χ3v) is 17.5. The zero-order valence-electron chi connectivity index (χ0n) is 62.3. The zero-order valence-corrected chi connectivity index (χ0v) is 64.1. The van der Waals surface area contributed by atoms with Crippen molar-refractivity contribution < 1.29 is 80.2 Å². The highest BCUT2D eigenvalue weighted by molar-refractivity contribution is 7.47. The lowest BCUT2D eigenvalue weighted by molar-refractivity contribution is -0.161. The Balaban J connectivity index is 5.39. The molecule has 0 radical (unpaired) electrons. The number of carbonyl (C=O) groups excluding carboxylic acids is 4. The van der Waals surface area contributed by atoms with Crippen molar-refractivity contribution in [3.8, 4) is 0 Å². The summed E-state index contributed by atoms with van der Waals surface area (Å²) >= 11 is 0. The Labute approximate surface area is 605 Å². The number of carbonyl (C=O) groups is 4. The Hall–Kier alpha value is -4.80. The van der Waals surface area contributed by atoms with Crippen molar-refractivity contribution >= 4 is 39.5 Å². The summed E-state index contributed by atoms with van der Waals surface area (Å²) in [4.78, 5) is 72.8. The van der Waals surface area contributed by atoms with Gasteiger partial charge in [0.15, 0.2) is 12.2 Å². The van der Waals surface area contributed by atoms with Gasteiger partial charge in [0.25, 0.3) is 0 Å². The first-order chi connectivity index (χ1) is 48.7. The average Bonchev–Trinajstić information content (AvgIpc) is 0.985. The molecule has 0 aromatic rings. The normalized spacial score (nSPS) is 14.7. The molecule has 0 spiro atoms. The van der Waals surface area contributed by atoms with Crippen LogP contribution in [0.25, 0.3) is 0 Å². The standard InChI is InChI=1S/C81H136O17P2/c1-5-9-13-17-21-25-29-32-35-36-37-38-41-43-47-50-54-58-62-66-79(84)92-72-77(98-81(86)68-64-60-56-52-48-44-40-34-31-27-23-19-15-11-7-3)74-96-100(89,90)94-70-75(82)69-93-99(87,88)95-73-76(97-80(85)67-63-59-55-51-45-28-24-20-16-12-8-4)71-91-78(83)65-61-57-53-49-46-42-39-33-30-26-22-18-14-10-6-2/h9-10,13-14,20-27,32-35,37-40,43,47,75-77,82H,5-8,11-12,15-19,28-31,36,41-42,44-46,48-74H2,1-4H3,(H,87,88)(H,89,90)/b13-9-,14-10-,24-20-,25-21-,26-22-,27-23-,35-32-,38-37-,39-33-,40-34-,47-43-. The van der Waals surface area contributed by atoms with Crippen LogP contribution in [-0.4, -0.2) is 96.7 Å². The highest BCUT2D eigenvalue weighted by atomic mass is 31.2. The van der Waals surface area contributed by atoms with E-state index in [9.17, 15) is 43.2 Å². The van der Waals surface area contributed by atoms with Gasteiger partial charge in [0, 0.05) is 25.7 Å². The van der Waals surface area contributed by atoms with Crippen molar-refractivity contribution in [3.05, 3.63) is 134 Å². The number of esters is 4. The highest BCUT2D eigenvalue weighted by Gasteiger charge is 2.30. The number of allylic oxidation sites excluding steroid dienone is 22. The van der Waals surface area contributed by atoms with Crippen LogP contribution < -0.4 is 0 Å². The summed E-state index contributed by atoms with van der Waals surface area (Å²) in [5, 5.41) is 10.6. The van der Waals surface area contributed by atoms with Crippen LogP contribution in [0.2, 0.25) is 0 Å². The molecule has 17 nitrogen and oxygen atoms in total. The summed E-state index contributed by atoms with van der Waals surface area (Å²) in [5.41, 5.74) is 0. The van der Waals surface area contributed by atoms with Crippen molar-refractivity contribution in [1.29, 1.82) is 0 Å². The molecule has 0 fully saturated rings. The molecule has 0 rings (SSSR count). The van der Waals surface area contributed by atoms with Crippen LogP contribution >= 0.6 is 15.6 Å². The minimum atomic E-state index is -4.99. The van der Waals surface area contributed by atoms with Crippen LogP contribution in [0.1, 0.15) is 297 Å². The number of phosphoric ester groups is 2. The number of aliphatic hydroxyl groups excluding tert-OH is 1. The number of ether oxygens (including phenoxy) is 4. The maximum atomic E-state index is 13.1. The lowest BCUT2D eigenvalue weighted by Gasteiger charge is -2.21. The molecule has 3 N–H and O–H groups in total. The molecule has 0 saturated heterocycles. The van der Waals surface area contributed by atoms with E-state index in [0.29, 0.717) is 25.7 Å². The van der Waals surface area contributed by atoms with Gasteiger partial charge >= 0.3 is 39.5 Å². The molecule has 0 aliphatic carbocycles. The van der Waals surface area contributed by atoms with Crippen LogP contribution in [-0.2, 0) is 65.4 Å². The molecule has 5 unspecified atom stereocenters. The van der Waals surface area contributed by atoms with E-state index in [1.807, 2.05) is 0 Å². The minimum Gasteiger partial charge on any atom is -0.462 e. The van der Waals surface area contributed by atoms with Gasteiger partial charge in [-0.05, 0) is 154 Å². The fraction of sp³-hybridized carbons (Fsp3) is 0.679. The summed E-state index contributed by atoms with van der Waals surface area (Å²) in [6.07, 6.45) is 80.1. The lowest BCUT2D eigenvalue weighted by Crippen LogP contribution is -2.30. The summed E-state index contributed by atoms with van der Waals surface area (Å²) < 4.78 is 68.4. The average molecular weight is 1440 g/mol. The topological polar surface area (TPSA) is 237 Å². The van der Waals surface area contributed by atoms with Crippen molar-refractivity contribution in [2.75, 3.05) is 39.6 Å². The van der Waals surface area contributed by atoms with E-state index >= 15 is 0 Å². The third kappa shape index (κ3) is 71.6. The predicted octanol–water partition coefficient (Wildman–Crippen LogP) is 22.1.